The largest absolute Gasteiger partial charge is 0.495 e. The van der Waals surface area contributed by atoms with Crippen molar-refractivity contribution in [2.75, 3.05) is 38.1 Å². The summed E-state index contributed by atoms with van der Waals surface area (Å²) < 4.78 is 16.6. The maximum atomic E-state index is 12.0. The molecule has 0 saturated carbocycles. The van der Waals surface area contributed by atoms with Gasteiger partial charge in [0.2, 0.25) is 0 Å². The van der Waals surface area contributed by atoms with Crippen LogP contribution in [0.5, 0.6) is 11.5 Å². The van der Waals surface area contributed by atoms with E-state index in [1.807, 2.05) is 42.5 Å². The molecule has 2 N–H and O–H groups in total. The maximum Gasteiger partial charge on any atom is 0.155 e. The van der Waals surface area contributed by atoms with Gasteiger partial charge in [0.15, 0.2) is 5.78 Å². The van der Waals surface area contributed by atoms with Crippen LogP contribution in [0.1, 0.15) is 12.0 Å². The van der Waals surface area contributed by atoms with Crippen molar-refractivity contribution in [2.24, 2.45) is 5.92 Å². The van der Waals surface area contributed by atoms with E-state index in [0.29, 0.717) is 70.6 Å². The molecule has 2 aromatic carbocycles. The second kappa shape index (κ2) is 12.8. The molecule has 2 aromatic heterocycles. The van der Waals surface area contributed by atoms with E-state index >= 15 is 0 Å². The lowest BCUT2D eigenvalue weighted by molar-refractivity contribution is -0.115. The third-order valence-electron chi connectivity index (χ3n) is 7.07. The summed E-state index contributed by atoms with van der Waals surface area (Å²) >= 11 is 13.5. The summed E-state index contributed by atoms with van der Waals surface area (Å²) in [7, 11) is 3.06. The number of fused-ring (bicyclic) bond motifs is 1. The molecule has 1 fully saturated rings. The highest BCUT2D eigenvalue weighted by Crippen LogP contribution is 2.46. The minimum atomic E-state index is -0.0568. The number of ketones is 1. The van der Waals surface area contributed by atoms with E-state index < -0.39 is 0 Å². The van der Waals surface area contributed by atoms with Crippen molar-refractivity contribution in [2.45, 2.75) is 19.0 Å². The predicted molar refractivity (Wildman–Crippen MR) is 163 cm³/mol. The number of nitrogens with one attached hydrogen (secondary N) is 2. The SMILES string of the molecule is C=CC(=O)C[C@H]1COC[C@H]1Nc1cc2c(NCc3ccccc3)nc(-c3c(Cl)c(OC)cc(OC)c3Cl)cc2cn1. The van der Waals surface area contributed by atoms with Crippen molar-refractivity contribution in [1.29, 1.82) is 0 Å². The quantitative estimate of drug-likeness (QED) is 0.183. The van der Waals surface area contributed by atoms with Crippen LogP contribution in [0.3, 0.4) is 0 Å². The van der Waals surface area contributed by atoms with E-state index in [9.17, 15) is 4.79 Å². The number of hydrogen-bond donors (Lipinski definition) is 2. The average molecular weight is 594 g/mol. The third-order valence-corrected chi connectivity index (χ3v) is 7.82. The standard InChI is InChI=1S/C31H30Cl2N4O4/c1-4-21(38)10-20-16-41-17-24(20)36-27-12-22-19(15-34-27)11-23(37-31(22)35-14-18-8-6-5-7-9-18)28-29(32)25(39-2)13-26(40-3)30(28)33/h4-9,11-13,15,20,24H,1,10,14,16-17H2,2-3H3,(H,34,36)(H,35,37)/t20-,24+/m0/s1. The molecule has 0 unspecified atom stereocenters. The lowest BCUT2D eigenvalue weighted by atomic mass is 9.97. The molecule has 0 spiro atoms. The molecule has 41 heavy (non-hydrogen) atoms. The lowest BCUT2D eigenvalue weighted by Gasteiger charge is -2.20. The minimum Gasteiger partial charge on any atom is -0.495 e. The number of methoxy groups -OCH3 is 2. The summed E-state index contributed by atoms with van der Waals surface area (Å²) in [6.07, 6.45) is 3.50. The van der Waals surface area contributed by atoms with Gasteiger partial charge in [-0.1, -0.05) is 60.1 Å². The number of hydrogen-bond acceptors (Lipinski definition) is 8. The van der Waals surface area contributed by atoms with Gasteiger partial charge in [-0.2, -0.15) is 0 Å². The van der Waals surface area contributed by atoms with Gasteiger partial charge >= 0.3 is 0 Å². The molecule has 5 rings (SSSR count). The Balaban J connectivity index is 1.57. The van der Waals surface area contributed by atoms with Gasteiger partial charge in [-0.3, -0.25) is 4.79 Å². The Kier molecular flexibility index (Phi) is 8.93. The van der Waals surface area contributed by atoms with E-state index in [0.717, 1.165) is 16.3 Å². The molecule has 0 bridgehead atoms. The molecule has 8 nitrogen and oxygen atoms in total. The van der Waals surface area contributed by atoms with Crippen LogP contribution in [0.2, 0.25) is 10.0 Å². The number of allylic oxidation sites excluding steroid dienone is 1. The first-order chi connectivity index (χ1) is 19.9. The number of anilines is 2. The molecule has 0 amide bonds. The Morgan fingerprint density at radius 3 is 2.51 bits per heavy atom. The minimum absolute atomic E-state index is 0.00519. The van der Waals surface area contributed by atoms with Crippen LogP contribution in [-0.4, -0.2) is 49.2 Å². The van der Waals surface area contributed by atoms with E-state index in [4.69, 9.17) is 42.4 Å². The number of ether oxygens (including phenoxy) is 3. The van der Waals surface area contributed by atoms with E-state index in [2.05, 4.69) is 22.2 Å². The molecule has 0 radical (unpaired) electrons. The van der Waals surface area contributed by atoms with Crippen LogP contribution in [-0.2, 0) is 16.1 Å². The molecule has 3 heterocycles. The molecule has 212 valence electrons. The first-order valence-corrected chi connectivity index (χ1v) is 13.9. The molecule has 1 aliphatic rings. The third kappa shape index (κ3) is 6.25. The smallest absolute Gasteiger partial charge is 0.155 e. The summed E-state index contributed by atoms with van der Waals surface area (Å²) in [5.41, 5.74) is 2.13. The predicted octanol–water partition coefficient (Wildman–Crippen LogP) is 6.81. The monoisotopic (exact) mass is 592 g/mol. The number of rotatable bonds is 11. The van der Waals surface area contributed by atoms with Crippen molar-refractivity contribution >= 4 is 51.4 Å². The maximum absolute atomic E-state index is 12.0. The Morgan fingerprint density at radius 2 is 1.83 bits per heavy atom. The molecule has 2 atom stereocenters. The molecule has 1 saturated heterocycles. The van der Waals surface area contributed by atoms with Gasteiger partial charge in [-0.15, -0.1) is 0 Å². The lowest BCUT2D eigenvalue weighted by Crippen LogP contribution is -2.29. The van der Waals surface area contributed by atoms with Crippen LogP contribution in [0.4, 0.5) is 11.6 Å². The van der Waals surface area contributed by atoms with Crippen LogP contribution in [0, 0.1) is 5.92 Å². The Hall–Kier alpha value is -3.85. The Bertz CT molecular complexity index is 1550. The zero-order valence-corrected chi connectivity index (χ0v) is 24.3. The fourth-order valence-electron chi connectivity index (χ4n) is 4.87. The molecule has 0 aliphatic carbocycles. The van der Waals surface area contributed by atoms with Crippen LogP contribution >= 0.6 is 23.2 Å². The van der Waals surface area contributed by atoms with Crippen LogP contribution < -0.4 is 20.1 Å². The highest BCUT2D eigenvalue weighted by atomic mass is 35.5. The van der Waals surface area contributed by atoms with Gasteiger partial charge in [-0.25, -0.2) is 9.97 Å². The van der Waals surface area contributed by atoms with Gasteiger partial charge in [-0.05, 0) is 23.8 Å². The van der Waals surface area contributed by atoms with Gasteiger partial charge < -0.3 is 24.8 Å². The van der Waals surface area contributed by atoms with Crippen molar-refractivity contribution in [3.63, 3.8) is 0 Å². The average Bonchev–Trinajstić information content (AvgIpc) is 3.42. The number of carbonyl (C=O) groups excluding carboxylic acids is 1. The normalized spacial score (nSPS) is 16.4. The highest BCUT2D eigenvalue weighted by molar-refractivity contribution is 6.41. The van der Waals surface area contributed by atoms with Gasteiger partial charge in [0.1, 0.15) is 23.1 Å². The van der Waals surface area contributed by atoms with Crippen molar-refractivity contribution in [1.82, 2.24) is 9.97 Å². The van der Waals surface area contributed by atoms with Gasteiger partial charge in [0, 0.05) is 47.5 Å². The number of benzene rings is 2. The summed E-state index contributed by atoms with van der Waals surface area (Å²) in [5, 5.41) is 9.26. The Labute approximate surface area is 248 Å². The van der Waals surface area contributed by atoms with Crippen molar-refractivity contribution in [3.05, 3.63) is 83.0 Å². The first kappa shape index (κ1) is 28.7. The van der Waals surface area contributed by atoms with E-state index in [-0.39, 0.29) is 17.7 Å². The van der Waals surface area contributed by atoms with E-state index in [1.165, 1.54) is 20.3 Å². The Morgan fingerprint density at radius 1 is 1.10 bits per heavy atom. The summed E-state index contributed by atoms with van der Waals surface area (Å²) in [4.78, 5) is 21.6. The highest BCUT2D eigenvalue weighted by Gasteiger charge is 2.30. The van der Waals surface area contributed by atoms with E-state index in [1.54, 1.807) is 12.3 Å². The second-order valence-corrected chi connectivity index (χ2v) is 10.4. The fourth-order valence-corrected chi connectivity index (χ4v) is 5.57. The number of pyridine rings is 2. The number of halogens is 2. The summed E-state index contributed by atoms with van der Waals surface area (Å²) in [5.74, 6) is 2.15. The summed E-state index contributed by atoms with van der Waals surface area (Å²) in [6, 6.07) is 15.5. The van der Waals surface area contributed by atoms with Crippen LogP contribution in [0.25, 0.3) is 22.0 Å². The number of aromatic nitrogens is 2. The number of carbonyl (C=O) groups is 1. The first-order valence-electron chi connectivity index (χ1n) is 13.1. The molecular formula is C31H30Cl2N4O4. The second-order valence-electron chi connectivity index (χ2n) is 9.69. The fraction of sp³-hybridized carbons (Fsp3) is 0.258. The molecule has 10 heteroatoms. The van der Waals surface area contributed by atoms with Crippen LogP contribution in [0.15, 0.2) is 67.4 Å². The van der Waals surface area contributed by atoms with Gasteiger partial charge in [0.25, 0.3) is 0 Å². The van der Waals surface area contributed by atoms with Crippen molar-refractivity contribution in [3.8, 4) is 22.8 Å². The summed E-state index contributed by atoms with van der Waals surface area (Å²) in [6.45, 7) is 5.12. The molecule has 4 aromatic rings. The number of nitrogens with zero attached hydrogens (tertiary/aromatic N) is 2. The molecular weight excluding hydrogens is 563 g/mol. The van der Waals surface area contributed by atoms with Gasteiger partial charge in [0.05, 0.1) is 49.2 Å². The zero-order valence-electron chi connectivity index (χ0n) is 22.7. The van der Waals surface area contributed by atoms with Crippen molar-refractivity contribution < 1.29 is 19.0 Å². The molecule has 1 aliphatic heterocycles. The topological polar surface area (TPSA) is 94.6 Å². The zero-order chi connectivity index (χ0) is 28.9.